The second-order valence-corrected chi connectivity index (χ2v) is 8.31. The first kappa shape index (κ1) is 17.1. The number of nitrogens with zero attached hydrogens (tertiary/aromatic N) is 1. The normalized spacial score (nSPS) is 25.0. The number of piperidine rings is 1. The molecule has 0 saturated carbocycles. The molecular formula is C23H27NO2. The van der Waals surface area contributed by atoms with Crippen LogP contribution in [0.15, 0.2) is 30.3 Å². The first-order valence-corrected chi connectivity index (χ1v) is 9.51. The van der Waals surface area contributed by atoms with E-state index in [0.717, 1.165) is 36.0 Å². The van der Waals surface area contributed by atoms with Crippen molar-refractivity contribution in [2.45, 2.75) is 57.9 Å². The van der Waals surface area contributed by atoms with Crippen molar-refractivity contribution in [2.24, 2.45) is 0 Å². The van der Waals surface area contributed by atoms with Crippen molar-refractivity contribution in [3.8, 4) is 16.9 Å². The maximum atomic E-state index is 12.1. The topological polar surface area (TPSA) is 40.5 Å². The lowest BCUT2D eigenvalue weighted by Crippen LogP contribution is -2.56. The number of likely N-dealkylation sites (N-methyl/N-ethyl adjacent to an activating group) is 1. The third kappa shape index (κ3) is 2.45. The van der Waals surface area contributed by atoms with Gasteiger partial charge in [-0.3, -0.25) is 4.79 Å². The van der Waals surface area contributed by atoms with Gasteiger partial charge in [0.1, 0.15) is 5.75 Å². The Morgan fingerprint density at radius 2 is 1.77 bits per heavy atom. The quantitative estimate of drug-likeness (QED) is 0.823. The molecule has 0 aromatic heterocycles. The Kier molecular flexibility index (Phi) is 3.87. The van der Waals surface area contributed by atoms with E-state index in [1.54, 1.807) is 0 Å². The Bertz CT molecular complexity index is 878. The lowest BCUT2D eigenvalue weighted by Gasteiger charge is -2.50. The second kappa shape index (κ2) is 5.87. The monoisotopic (exact) mass is 349 g/mol. The van der Waals surface area contributed by atoms with Crippen LogP contribution in [0, 0.1) is 13.8 Å². The van der Waals surface area contributed by atoms with Crippen molar-refractivity contribution < 1.29 is 9.90 Å². The molecule has 1 aliphatic carbocycles. The van der Waals surface area contributed by atoms with E-state index >= 15 is 0 Å². The van der Waals surface area contributed by atoms with E-state index in [0.29, 0.717) is 18.2 Å². The summed E-state index contributed by atoms with van der Waals surface area (Å²) in [6, 6.07) is 11.2. The zero-order valence-electron chi connectivity index (χ0n) is 16.1. The SMILES string of the molecule is Cc1cc(-c2ccc3c(c2)CCC2N(C)C(=O)CC[C@]32C)cc(C)c1O. The number of rotatable bonds is 1. The number of aryl methyl sites for hydroxylation is 3. The maximum Gasteiger partial charge on any atom is 0.222 e. The zero-order chi connectivity index (χ0) is 18.6. The van der Waals surface area contributed by atoms with Gasteiger partial charge in [-0.1, -0.05) is 25.1 Å². The first-order chi connectivity index (χ1) is 12.3. The molecule has 2 aliphatic rings. The Morgan fingerprint density at radius 3 is 2.46 bits per heavy atom. The Labute approximate surface area is 155 Å². The summed E-state index contributed by atoms with van der Waals surface area (Å²) >= 11 is 0. The maximum absolute atomic E-state index is 12.1. The number of likely N-dealkylation sites (tertiary alicyclic amines) is 1. The number of carbonyl (C=O) groups is 1. The van der Waals surface area contributed by atoms with Gasteiger partial charge in [-0.2, -0.15) is 0 Å². The number of phenolic OH excluding ortho intramolecular Hbond substituents is 1. The van der Waals surface area contributed by atoms with Gasteiger partial charge in [-0.05, 0) is 78.6 Å². The summed E-state index contributed by atoms with van der Waals surface area (Å²) in [4.78, 5) is 14.1. The van der Waals surface area contributed by atoms with Gasteiger partial charge >= 0.3 is 0 Å². The highest BCUT2D eigenvalue weighted by atomic mass is 16.3. The van der Waals surface area contributed by atoms with E-state index in [9.17, 15) is 9.90 Å². The second-order valence-electron chi connectivity index (χ2n) is 8.31. The number of carbonyl (C=O) groups excluding carboxylic acids is 1. The largest absolute Gasteiger partial charge is 0.507 e. The zero-order valence-corrected chi connectivity index (χ0v) is 16.1. The van der Waals surface area contributed by atoms with Gasteiger partial charge in [-0.25, -0.2) is 0 Å². The van der Waals surface area contributed by atoms with Crippen LogP contribution in [-0.2, 0) is 16.6 Å². The minimum absolute atomic E-state index is 0.0512. The van der Waals surface area contributed by atoms with E-state index in [2.05, 4.69) is 37.3 Å². The molecule has 0 radical (unpaired) electrons. The molecule has 4 rings (SSSR count). The van der Waals surface area contributed by atoms with Crippen molar-refractivity contribution in [1.29, 1.82) is 0 Å². The van der Waals surface area contributed by atoms with Crippen LogP contribution in [-0.4, -0.2) is 29.0 Å². The van der Waals surface area contributed by atoms with Gasteiger partial charge in [0.05, 0.1) is 0 Å². The smallest absolute Gasteiger partial charge is 0.222 e. The third-order valence-corrected chi connectivity index (χ3v) is 6.69. The Hall–Kier alpha value is -2.29. The van der Waals surface area contributed by atoms with Gasteiger partial charge in [0, 0.05) is 24.9 Å². The van der Waals surface area contributed by atoms with E-state index in [4.69, 9.17) is 0 Å². The summed E-state index contributed by atoms with van der Waals surface area (Å²) in [5, 5.41) is 10.0. The number of hydrogen-bond donors (Lipinski definition) is 1. The first-order valence-electron chi connectivity index (χ1n) is 9.51. The molecule has 2 aromatic rings. The molecule has 1 aliphatic heterocycles. The number of amides is 1. The molecule has 1 heterocycles. The highest BCUT2D eigenvalue weighted by molar-refractivity contribution is 5.78. The fourth-order valence-electron chi connectivity index (χ4n) is 5.09. The van der Waals surface area contributed by atoms with Crippen molar-refractivity contribution >= 4 is 5.91 Å². The molecule has 1 unspecified atom stereocenters. The Morgan fingerprint density at radius 1 is 1.08 bits per heavy atom. The number of benzene rings is 2. The van der Waals surface area contributed by atoms with Crippen molar-refractivity contribution in [2.75, 3.05) is 7.05 Å². The summed E-state index contributed by atoms with van der Waals surface area (Å²) in [5.41, 5.74) is 7.06. The molecule has 3 nitrogen and oxygen atoms in total. The summed E-state index contributed by atoms with van der Waals surface area (Å²) in [6.45, 7) is 6.22. The average molecular weight is 349 g/mol. The van der Waals surface area contributed by atoms with Crippen LogP contribution in [0.25, 0.3) is 11.1 Å². The van der Waals surface area contributed by atoms with Gasteiger partial charge in [0.2, 0.25) is 5.91 Å². The number of phenols is 1. The number of aromatic hydroxyl groups is 1. The summed E-state index contributed by atoms with van der Waals surface area (Å²) < 4.78 is 0. The van der Waals surface area contributed by atoms with Crippen LogP contribution in [0.3, 0.4) is 0 Å². The summed E-state index contributed by atoms with van der Waals surface area (Å²) in [5.74, 6) is 0.666. The molecule has 2 aromatic carbocycles. The van der Waals surface area contributed by atoms with Crippen LogP contribution < -0.4 is 0 Å². The molecule has 1 fully saturated rings. The highest BCUT2D eigenvalue weighted by Crippen LogP contribution is 2.46. The molecule has 136 valence electrons. The number of fused-ring (bicyclic) bond motifs is 3. The van der Waals surface area contributed by atoms with Crippen LogP contribution in [0.2, 0.25) is 0 Å². The van der Waals surface area contributed by atoms with E-state index in [1.807, 2.05) is 25.8 Å². The molecular weight excluding hydrogens is 322 g/mol. The summed E-state index contributed by atoms with van der Waals surface area (Å²) in [6.07, 6.45) is 3.62. The molecule has 0 bridgehead atoms. The van der Waals surface area contributed by atoms with Crippen molar-refractivity contribution in [3.63, 3.8) is 0 Å². The fourth-order valence-corrected chi connectivity index (χ4v) is 5.09. The fraction of sp³-hybridized carbons (Fsp3) is 0.435. The van der Waals surface area contributed by atoms with Crippen molar-refractivity contribution in [1.82, 2.24) is 4.90 Å². The minimum Gasteiger partial charge on any atom is -0.507 e. The molecule has 1 amide bonds. The standard InChI is InChI=1S/C23H27NO2/c1-14-11-18(12-15(2)22(14)26)16-5-7-19-17(13-16)6-8-20-23(19,3)10-9-21(25)24(20)4/h5,7,11-13,20,26H,6,8-10H2,1-4H3/t20?,23-/m1/s1. The molecule has 26 heavy (non-hydrogen) atoms. The average Bonchev–Trinajstić information content (AvgIpc) is 2.62. The van der Waals surface area contributed by atoms with Gasteiger partial charge < -0.3 is 10.0 Å². The van der Waals surface area contributed by atoms with Crippen LogP contribution in [0.5, 0.6) is 5.75 Å². The van der Waals surface area contributed by atoms with Crippen LogP contribution in [0.4, 0.5) is 0 Å². The van der Waals surface area contributed by atoms with E-state index in [1.165, 1.54) is 16.7 Å². The molecule has 1 saturated heterocycles. The van der Waals surface area contributed by atoms with Gasteiger partial charge in [-0.15, -0.1) is 0 Å². The predicted octanol–water partition coefficient (Wildman–Crippen LogP) is 4.50. The molecule has 1 N–H and O–H groups in total. The van der Waals surface area contributed by atoms with Crippen LogP contribution >= 0.6 is 0 Å². The van der Waals surface area contributed by atoms with Crippen molar-refractivity contribution in [3.05, 3.63) is 52.6 Å². The van der Waals surface area contributed by atoms with Crippen LogP contribution in [0.1, 0.15) is 48.4 Å². The number of hydrogen-bond acceptors (Lipinski definition) is 2. The lowest BCUT2D eigenvalue weighted by atomic mass is 9.63. The third-order valence-electron chi connectivity index (χ3n) is 6.69. The lowest BCUT2D eigenvalue weighted by molar-refractivity contribution is -0.138. The molecule has 3 heteroatoms. The van der Waals surface area contributed by atoms with E-state index in [-0.39, 0.29) is 11.3 Å². The summed E-state index contributed by atoms with van der Waals surface area (Å²) in [7, 11) is 1.96. The van der Waals surface area contributed by atoms with Gasteiger partial charge in [0.15, 0.2) is 0 Å². The molecule has 2 atom stereocenters. The predicted molar refractivity (Wildman–Crippen MR) is 104 cm³/mol. The Balaban J connectivity index is 1.77. The molecule has 0 spiro atoms. The van der Waals surface area contributed by atoms with E-state index < -0.39 is 0 Å². The minimum atomic E-state index is 0.0512. The van der Waals surface area contributed by atoms with Gasteiger partial charge in [0.25, 0.3) is 0 Å². The highest BCUT2D eigenvalue weighted by Gasteiger charge is 2.46.